The number of aromatic nitrogens is 2. The average molecular weight is 359 g/mol. The number of fused-ring (bicyclic) bond motifs is 1. The lowest BCUT2D eigenvalue weighted by Crippen LogP contribution is -2.40. The van der Waals surface area contributed by atoms with E-state index in [2.05, 4.69) is 75.2 Å². The summed E-state index contributed by atoms with van der Waals surface area (Å²) in [6.45, 7) is 5.47. The van der Waals surface area contributed by atoms with Gasteiger partial charge in [0.25, 0.3) is 0 Å². The molecule has 27 heavy (non-hydrogen) atoms. The highest BCUT2D eigenvalue weighted by Gasteiger charge is 2.22. The highest BCUT2D eigenvalue weighted by Crippen LogP contribution is 2.27. The van der Waals surface area contributed by atoms with Crippen molar-refractivity contribution in [1.82, 2.24) is 14.9 Å². The van der Waals surface area contributed by atoms with Crippen molar-refractivity contribution in [3.63, 3.8) is 0 Å². The number of hydrogen-bond donors (Lipinski definition) is 1. The van der Waals surface area contributed by atoms with Gasteiger partial charge in [0.15, 0.2) is 5.96 Å². The predicted molar refractivity (Wildman–Crippen MR) is 110 cm³/mol. The lowest BCUT2D eigenvalue weighted by Gasteiger charge is -2.22. The van der Waals surface area contributed by atoms with Crippen LogP contribution >= 0.6 is 0 Å². The Kier molecular flexibility index (Phi) is 5.19. The Morgan fingerprint density at radius 3 is 2.70 bits per heavy atom. The van der Waals surface area contributed by atoms with Crippen molar-refractivity contribution in [3.05, 3.63) is 83.9 Å². The van der Waals surface area contributed by atoms with Crippen molar-refractivity contribution >= 4 is 11.6 Å². The van der Waals surface area contributed by atoms with Crippen LogP contribution in [0.2, 0.25) is 0 Å². The molecule has 0 radical (unpaired) electrons. The van der Waals surface area contributed by atoms with Gasteiger partial charge in [-0.25, -0.2) is 9.98 Å². The van der Waals surface area contributed by atoms with Crippen LogP contribution in [-0.2, 0) is 19.5 Å². The Hall–Kier alpha value is -3.08. The van der Waals surface area contributed by atoms with E-state index in [0.29, 0.717) is 6.54 Å². The van der Waals surface area contributed by atoms with E-state index in [1.165, 1.54) is 22.4 Å². The fraction of sp³-hybridized carbons (Fsp3) is 0.273. The van der Waals surface area contributed by atoms with Gasteiger partial charge in [-0.2, -0.15) is 0 Å². The highest BCUT2D eigenvalue weighted by atomic mass is 15.3. The lowest BCUT2D eigenvalue weighted by molar-refractivity contribution is 0.796. The minimum absolute atomic E-state index is 0.673. The van der Waals surface area contributed by atoms with Gasteiger partial charge in [-0.05, 0) is 36.1 Å². The van der Waals surface area contributed by atoms with Gasteiger partial charge in [-0.15, -0.1) is 0 Å². The van der Waals surface area contributed by atoms with Crippen LogP contribution in [0.4, 0.5) is 5.69 Å². The summed E-state index contributed by atoms with van der Waals surface area (Å²) in [4.78, 5) is 11.3. The Morgan fingerprint density at radius 2 is 1.93 bits per heavy atom. The summed E-state index contributed by atoms with van der Waals surface area (Å²) >= 11 is 0. The van der Waals surface area contributed by atoms with Crippen molar-refractivity contribution < 1.29 is 0 Å². The van der Waals surface area contributed by atoms with Gasteiger partial charge in [-0.1, -0.05) is 42.5 Å². The van der Waals surface area contributed by atoms with Gasteiger partial charge in [0.2, 0.25) is 0 Å². The molecule has 0 amide bonds. The molecule has 0 atom stereocenters. The molecule has 1 N–H and O–H groups in total. The topological polar surface area (TPSA) is 45.5 Å². The molecule has 0 bridgehead atoms. The molecule has 1 aliphatic rings. The number of benzene rings is 2. The minimum atomic E-state index is 0.673. The molecule has 0 fully saturated rings. The summed E-state index contributed by atoms with van der Waals surface area (Å²) in [5.41, 5.74) is 5.15. The zero-order valence-corrected chi connectivity index (χ0v) is 15.7. The number of hydrogen-bond acceptors (Lipinski definition) is 2. The molecule has 4 rings (SSSR count). The number of para-hydroxylation sites is 1. The fourth-order valence-electron chi connectivity index (χ4n) is 3.46. The molecule has 0 unspecified atom stereocenters. The van der Waals surface area contributed by atoms with E-state index in [1.807, 2.05) is 18.7 Å². The molecule has 1 aromatic heterocycles. The van der Waals surface area contributed by atoms with Crippen LogP contribution in [0.3, 0.4) is 0 Å². The van der Waals surface area contributed by atoms with Crippen molar-refractivity contribution in [3.8, 4) is 0 Å². The van der Waals surface area contributed by atoms with Gasteiger partial charge < -0.3 is 14.8 Å². The summed E-state index contributed by atoms with van der Waals surface area (Å²) in [5.74, 6) is 0.963. The molecular weight excluding hydrogens is 334 g/mol. The number of aliphatic imine (C=N–C) groups is 1. The molecule has 0 saturated carbocycles. The molecule has 2 heterocycles. The summed E-state index contributed by atoms with van der Waals surface area (Å²) in [6.07, 6.45) is 6.70. The lowest BCUT2D eigenvalue weighted by atomic mass is 10.1. The van der Waals surface area contributed by atoms with E-state index in [4.69, 9.17) is 4.99 Å². The number of rotatable bonds is 5. The van der Waals surface area contributed by atoms with E-state index in [1.54, 1.807) is 0 Å². The second-order valence-corrected chi connectivity index (χ2v) is 6.75. The Morgan fingerprint density at radius 1 is 1.11 bits per heavy atom. The molecular formula is C22H25N5. The summed E-state index contributed by atoms with van der Waals surface area (Å²) in [7, 11) is 0. The molecule has 1 aliphatic heterocycles. The van der Waals surface area contributed by atoms with Crippen LogP contribution in [-0.4, -0.2) is 28.6 Å². The van der Waals surface area contributed by atoms with Gasteiger partial charge in [0.1, 0.15) is 0 Å². The summed E-state index contributed by atoms with van der Waals surface area (Å²) < 4.78 is 2.07. The van der Waals surface area contributed by atoms with Crippen LogP contribution in [0.25, 0.3) is 0 Å². The molecule has 0 saturated heterocycles. The number of guanidine groups is 1. The monoisotopic (exact) mass is 359 g/mol. The average Bonchev–Trinajstić information content (AvgIpc) is 3.36. The molecule has 0 aliphatic carbocycles. The maximum atomic E-state index is 4.89. The van der Waals surface area contributed by atoms with Crippen molar-refractivity contribution in [1.29, 1.82) is 0 Å². The zero-order valence-electron chi connectivity index (χ0n) is 15.7. The zero-order chi connectivity index (χ0) is 18.5. The Bertz CT molecular complexity index is 897. The first kappa shape index (κ1) is 17.3. The first-order chi connectivity index (χ1) is 13.3. The van der Waals surface area contributed by atoms with Crippen LogP contribution in [0, 0.1) is 0 Å². The summed E-state index contributed by atoms with van der Waals surface area (Å²) in [6, 6.07) is 17.3. The standard InChI is InChI=1S/C22H25N5/c1-2-24-22(27-13-11-20-5-3-4-6-21(20)27)25-15-18-7-9-19(10-8-18)16-26-14-12-23-17-26/h3-10,12,14,17H,2,11,13,15-16H2,1H3,(H,24,25). The number of nitrogens with zero attached hydrogens (tertiary/aromatic N) is 4. The van der Waals surface area contributed by atoms with E-state index in [9.17, 15) is 0 Å². The van der Waals surface area contributed by atoms with E-state index in [-0.39, 0.29) is 0 Å². The van der Waals surface area contributed by atoms with Crippen molar-refractivity contribution in [2.24, 2.45) is 4.99 Å². The van der Waals surface area contributed by atoms with E-state index >= 15 is 0 Å². The van der Waals surface area contributed by atoms with Gasteiger partial charge in [0, 0.05) is 37.7 Å². The molecule has 2 aromatic carbocycles. The molecule has 5 heteroatoms. The second kappa shape index (κ2) is 8.08. The molecule has 3 aromatic rings. The Balaban J connectivity index is 1.46. The Labute approximate surface area is 160 Å². The third-order valence-electron chi connectivity index (χ3n) is 4.84. The highest BCUT2D eigenvalue weighted by molar-refractivity contribution is 5.97. The van der Waals surface area contributed by atoms with E-state index in [0.717, 1.165) is 32.0 Å². The SMILES string of the molecule is CCNC(=NCc1ccc(Cn2ccnc2)cc1)N1CCc2ccccc21. The third kappa shape index (κ3) is 4.03. The van der Waals surface area contributed by atoms with Crippen LogP contribution in [0.1, 0.15) is 23.6 Å². The van der Waals surface area contributed by atoms with E-state index < -0.39 is 0 Å². The maximum absolute atomic E-state index is 4.89. The van der Waals surface area contributed by atoms with Gasteiger partial charge in [0.05, 0.1) is 12.9 Å². The third-order valence-corrected chi connectivity index (χ3v) is 4.84. The number of imidazole rings is 1. The van der Waals surface area contributed by atoms with Crippen LogP contribution in [0.15, 0.2) is 72.2 Å². The number of nitrogens with one attached hydrogen (secondary N) is 1. The largest absolute Gasteiger partial charge is 0.356 e. The van der Waals surface area contributed by atoms with Gasteiger partial charge in [-0.3, -0.25) is 0 Å². The second-order valence-electron chi connectivity index (χ2n) is 6.75. The first-order valence-electron chi connectivity index (χ1n) is 9.51. The summed E-state index contributed by atoms with van der Waals surface area (Å²) in [5, 5.41) is 3.44. The minimum Gasteiger partial charge on any atom is -0.356 e. The molecule has 5 nitrogen and oxygen atoms in total. The molecule has 138 valence electrons. The van der Waals surface area contributed by atoms with Crippen molar-refractivity contribution in [2.75, 3.05) is 18.0 Å². The van der Waals surface area contributed by atoms with Crippen molar-refractivity contribution in [2.45, 2.75) is 26.4 Å². The first-order valence-corrected chi connectivity index (χ1v) is 9.51. The van der Waals surface area contributed by atoms with Crippen LogP contribution < -0.4 is 10.2 Å². The molecule has 0 spiro atoms. The normalized spacial score (nSPS) is 13.7. The smallest absolute Gasteiger partial charge is 0.198 e. The number of anilines is 1. The quantitative estimate of drug-likeness (QED) is 0.560. The fourth-order valence-corrected chi connectivity index (χ4v) is 3.46. The maximum Gasteiger partial charge on any atom is 0.198 e. The van der Waals surface area contributed by atoms with Crippen LogP contribution in [0.5, 0.6) is 0 Å². The predicted octanol–water partition coefficient (Wildman–Crippen LogP) is 3.46. The van der Waals surface area contributed by atoms with Gasteiger partial charge >= 0.3 is 0 Å².